The highest BCUT2D eigenvalue weighted by Gasteiger charge is 2.20. The molecule has 0 spiro atoms. The molecule has 1 N–H and O–H groups in total. The lowest BCUT2D eigenvalue weighted by Crippen LogP contribution is -2.10. The summed E-state index contributed by atoms with van der Waals surface area (Å²) in [5, 5.41) is 23.9. The van der Waals surface area contributed by atoms with Crippen LogP contribution in [0.3, 0.4) is 0 Å². The Morgan fingerprint density at radius 2 is 0.574 bits per heavy atom. The summed E-state index contributed by atoms with van der Waals surface area (Å²) in [6, 6.07) is 133. The van der Waals surface area contributed by atoms with Crippen LogP contribution in [0.25, 0.3) is 153 Å². The second kappa shape index (κ2) is 26.1. The number of nitrogens with zero attached hydrogens (tertiary/aromatic N) is 1. The van der Waals surface area contributed by atoms with Crippen LogP contribution in [0.5, 0.6) is 0 Å². The molecule has 476 valence electrons. The first-order valence-electron chi connectivity index (χ1n) is 34.2. The van der Waals surface area contributed by atoms with E-state index in [-0.39, 0.29) is 0 Å². The number of halogens is 1. The first-order chi connectivity index (χ1) is 50.0. The van der Waals surface area contributed by atoms with E-state index in [2.05, 4.69) is 338 Å². The highest BCUT2D eigenvalue weighted by atomic mass is 35.5. The molecule has 20 rings (SSSR count). The predicted octanol–water partition coefficient (Wildman–Crippen LogP) is 28.3. The Bertz CT molecular complexity index is 6530. The van der Waals surface area contributed by atoms with E-state index in [0.717, 1.165) is 77.3 Å². The number of rotatable bonds is 9. The van der Waals surface area contributed by atoms with E-state index in [1.165, 1.54) is 109 Å². The minimum absolute atomic E-state index is 0.785. The fourth-order valence-corrected chi connectivity index (χ4v) is 15.0. The highest BCUT2D eigenvalue weighted by molar-refractivity contribution is 6.32. The van der Waals surface area contributed by atoms with Crippen molar-refractivity contribution >= 4 is 149 Å². The number of hydrogen-bond donors (Lipinski definition) is 1. The Labute approximate surface area is 589 Å². The molecule has 0 fully saturated rings. The summed E-state index contributed by atoms with van der Waals surface area (Å²) in [6.07, 6.45) is 0. The molecule has 4 nitrogen and oxygen atoms in total. The van der Waals surface area contributed by atoms with Crippen molar-refractivity contribution in [2.45, 2.75) is 0 Å². The summed E-state index contributed by atoms with van der Waals surface area (Å²) >= 11 is 6.14. The molecule has 0 aliphatic heterocycles. The fourth-order valence-electron chi connectivity index (χ4n) is 14.8. The lowest BCUT2D eigenvalue weighted by atomic mass is 9.94. The molecule has 0 saturated heterocycles. The molecule has 0 bridgehead atoms. The van der Waals surface area contributed by atoms with Gasteiger partial charge in [0.1, 0.15) is 22.3 Å². The minimum atomic E-state index is 0.785. The van der Waals surface area contributed by atoms with Gasteiger partial charge in [-0.15, -0.1) is 0 Å². The van der Waals surface area contributed by atoms with Gasteiger partial charge in [-0.2, -0.15) is 0 Å². The average Bonchev–Trinajstić information content (AvgIpc) is 1.35. The molecule has 0 aliphatic rings. The Morgan fingerprint density at radius 1 is 0.208 bits per heavy atom. The van der Waals surface area contributed by atoms with E-state index < -0.39 is 0 Å². The SMILES string of the molecule is Clc1ccc2ccc3c4ccccc4ccc3c2c1.c1ccc(-c2ccccc2-c2cccc(N(c3ccc4ccc5c6ccccc6ccc5c4c3)c3ccc4oc5ccccc5c4c3)c2)cc1.c1ccc(-c2ccccc2-c2cccc(Nc3ccc4oc5ccccc5c4c3)c2)cc1. The van der Waals surface area contributed by atoms with E-state index in [9.17, 15) is 0 Å². The minimum Gasteiger partial charge on any atom is -0.456 e. The van der Waals surface area contributed by atoms with Gasteiger partial charge in [0.05, 0.1) is 0 Å². The van der Waals surface area contributed by atoms with Crippen molar-refractivity contribution in [2.75, 3.05) is 10.2 Å². The third-order valence-corrected chi connectivity index (χ3v) is 19.8. The lowest BCUT2D eigenvalue weighted by Gasteiger charge is -2.27. The van der Waals surface area contributed by atoms with Crippen molar-refractivity contribution in [3.8, 4) is 44.5 Å². The number of fused-ring (bicyclic) bond motifs is 16. The van der Waals surface area contributed by atoms with Crippen LogP contribution in [0.15, 0.2) is 385 Å². The van der Waals surface area contributed by atoms with Crippen LogP contribution >= 0.6 is 11.6 Å². The first kappa shape index (κ1) is 60.4. The molecule has 18 aromatic carbocycles. The maximum Gasteiger partial charge on any atom is 0.135 e. The molecular weight excluding hydrogens is 1250 g/mol. The van der Waals surface area contributed by atoms with Gasteiger partial charge < -0.3 is 19.1 Å². The number of para-hydroxylation sites is 2. The van der Waals surface area contributed by atoms with Gasteiger partial charge in [-0.3, -0.25) is 0 Å². The third-order valence-electron chi connectivity index (χ3n) is 19.6. The number of furan rings is 2. The van der Waals surface area contributed by atoms with Crippen LogP contribution in [0.2, 0.25) is 5.02 Å². The predicted molar refractivity (Wildman–Crippen MR) is 430 cm³/mol. The summed E-state index contributed by atoms with van der Waals surface area (Å²) in [7, 11) is 0. The molecule has 0 atom stereocenters. The van der Waals surface area contributed by atoms with Crippen LogP contribution in [0.1, 0.15) is 0 Å². The molecule has 101 heavy (non-hydrogen) atoms. The molecular formula is C96H63ClN2O2. The van der Waals surface area contributed by atoms with Gasteiger partial charge in [0.15, 0.2) is 0 Å². The normalized spacial score (nSPS) is 11.4. The Balaban J connectivity index is 0.000000122. The van der Waals surface area contributed by atoms with E-state index in [4.69, 9.17) is 20.4 Å². The molecule has 0 unspecified atom stereocenters. The van der Waals surface area contributed by atoms with Crippen molar-refractivity contribution in [2.24, 2.45) is 0 Å². The zero-order valence-corrected chi connectivity index (χ0v) is 55.7. The molecule has 5 heteroatoms. The quantitative estimate of drug-likeness (QED) is 0.146. The van der Waals surface area contributed by atoms with Crippen LogP contribution in [0, 0.1) is 0 Å². The molecule has 2 heterocycles. The maximum absolute atomic E-state index is 6.25. The fraction of sp³-hybridized carbons (Fsp3) is 0. The Hall–Kier alpha value is -13.0. The van der Waals surface area contributed by atoms with Crippen molar-refractivity contribution in [1.29, 1.82) is 0 Å². The zero-order chi connectivity index (χ0) is 67.2. The van der Waals surface area contributed by atoms with Crippen LogP contribution < -0.4 is 10.2 Å². The molecule has 0 radical (unpaired) electrons. The van der Waals surface area contributed by atoms with Crippen molar-refractivity contribution in [3.05, 3.63) is 381 Å². The van der Waals surface area contributed by atoms with E-state index >= 15 is 0 Å². The van der Waals surface area contributed by atoms with Gasteiger partial charge in [0, 0.05) is 55.0 Å². The standard InChI is InChI=1S/C48H31NO.C30H21NO.C18H11Cl/c1-2-11-32(12-3-1)39-16-6-7-18-41(39)35-14-10-15-36(29-35)49(38-25-28-48-46(31-38)44-19-8-9-20-47(44)50-48)37-24-21-34-23-26-42-40-17-5-4-13-33(40)22-27-43(42)45(34)30-37;1-2-9-21(10-3-1)25-13-4-5-14-26(25)22-11-8-12-23(19-22)31-24-17-18-30-28(20-24)27-15-6-7-16-29(27)32-30;19-14-8-5-13-7-9-16-15-4-2-1-3-12(15)6-10-17(16)18(13)11-14/h1-31H;1-20,31H;1-11H. The largest absolute Gasteiger partial charge is 0.456 e. The number of anilines is 5. The maximum atomic E-state index is 6.25. The number of nitrogens with one attached hydrogen (secondary N) is 1. The Kier molecular flexibility index (Phi) is 15.6. The van der Waals surface area contributed by atoms with Gasteiger partial charge in [0.25, 0.3) is 0 Å². The van der Waals surface area contributed by atoms with Gasteiger partial charge in [-0.05, 0) is 206 Å². The molecule has 0 aliphatic carbocycles. The van der Waals surface area contributed by atoms with Crippen LogP contribution in [-0.2, 0) is 0 Å². The summed E-state index contributed by atoms with van der Waals surface area (Å²) < 4.78 is 12.2. The van der Waals surface area contributed by atoms with Crippen LogP contribution in [-0.4, -0.2) is 0 Å². The van der Waals surface area contributed by atoms with E-state index in [0.29, 0.717) is 0 Å². The van der Waals surface area contributed by atoms with Crippen molar-refractivity contribution in [3.63, 3.8) is 0 Å². The van der Waals surface area contributed by atoms with E-state index in [1.54, 1.807) is 0 Å². The van der Waals surface area contributed by atoms with Gasteiger partial charge in [-0.25, -0.2) is 0 Å². The van der Waals surface area contributed by atoms with Crippen LogP contribution in [0.4, 0.5) is 28.4 Å². The van der Waals surface area contributed by atoms with Gasteiger partial charge in [0.2, 0.25) is 0 Å². The molecule has 20 aromatic rings. The smallest absolute Gasteiger partial charge is 0.135 e. The Morgan fingerprint density at radius 3 is 1.15 bits per heavy atom. The summed E-state index contributed by atoms with van der Waals surface area (Å²) in [6.45, 7) is 0. The van der Waals surface area contributed by atoms with Gasteiger partial charge >= 0.3 is 0 Å². The lowest BCUT2D eigenvalue weighted by molar-refractivity contribution is 0.668. The second-order valence-electron chi connectivity index (χ2n) is 25.7. The number of benzene rings is 18. The average molecular weight is 1310 g/mol. The monoisotopic (exact) mass is 1310 g/mol. The van der Waals surface area contributed by atoms with Gasteiger partial charge in [-0.1, -0.05) is 291 Å². The molecule has 0 amide bonds. The summed E-state index contributed by atoms with van der Waals surface area (Å²) in [5.74, 6) is 0. The van der Waals surface area contributed by atoms with Crippen molar-refractivity contribution in [1.82, 2.24) is 0 Å². The van der Waals surface area contributed by atoms with E-state index in [1.807, 2.05) is 48.5 Å². The highest BCUT2D eigenvalue weighted by Crippen LogP contribution is 2.44. The molecule has 2 aromatic heterocycles. The molecule has 0 saturated carbocycles. The zero-order valence-electron chi connectivity index (χ0n) is 54.9. The van der Waals surface area contributed by atoms with Crippen molar-refractivity contribution < 1.29 is 8.83 Å². The summed E-state index contributed by atoms with van der Waals surface area (Å²) in [5.41, 5.74) is 18.6. The topological polar surface area (TPSA) is 41.6 Å². The third kappa shape index (κ3) is 11.6. The summed E-state index contributed by atoms with van der Waals surface area (Å²) in [4.78, 5) is 2.38. The second-order valence-corrected chi connectivity index (χ2v) is 26.1. The first-order valence-corrected chi connectivity index (χ1v) is 34.6. The number of hydrogen-bond acceptors (Lipinski definition) is 4.